The van der Waals surface area contributed by atoms with E-state index in [4.69, 9.17) is 4.42 Å². The molecule has 0 spiro atoms. The van der Waals surface area contributed by atoms with Crippen molar-refractivity contribution in [1.82, 2.24) is 15.5 Å². The lowest BCUT2D eigenvalue weighted by atomic mass is 10.1. The van der Waals surface area contributed by atoms with Crippen LogP contribution < -0.4 is 5.32 Å². The Hall–Kier alpha value is -1.20. The maximum Gasteiger partial charge on any atom is 0.230 e. The first-order valence-corrected chi connectivity index (χ1v) is 6.47. The Labute approximate surface area is 105 Å². The highest BCUT2D eigenvalue weighted by Crippen LogP contribution is 2.26. The molecule has 0 radical (unpaired) electrons. The predicted octanol–water partition coefficient (Wildman–Crippen LogP) is 2.91. The van der Waals surface area contributed by atoms with E-state index in [1.165, 1.54) is 15.3 Å². The molecule has 2 aromatic heterocycles. The third-order valence-corrected chi connectivity index (χ3v) is 3.65. The number of hydrogen-bond acceptors (Lipinski definition) is 5. The molecule has 0 saturated carbocycles. The van der Waals surface area contributed by atoms with Gasteiger partial charge in [-0.25, -0.2) is 0 Å². The maximum atomic E-state index is 5.32. The summed E-state index contributed by atoms with van der Waals surface area (Å²) in [7, 11) is 0. The highest BCUT2D eigenvalue weighted by molar-refractivity contribution is 7.12. The Morgan fingerprint density at radius 2 is 2.12 bits per heavy atom. The van der Waals surface area contributed by atoms with E-state index >= 15 is 0 Å². The Morgan fingerprint density at radius 3 is 2.65 bits per heavy atom. The molecule has 0 saturated heterocycles. The number of nitrogens with one attached hydrogen (secondary N) is 1. The van der Waals surface area contributed by atoms with E-state index in [1.807, 2.05) is 11.3 Å². The van der Waals surface area contributed by atoms with Crippen molar-refractivity contribution < 1.29 is 4.42 Å². The normalized spacial score (nSPS) is 12.9. The lowest BCUT2D eigenvalue weighted by Gasteiger charge is -2.11. The van der Waals surface area contributed by atoms with Crippen molar-refractivity contribution in [2.75, 3.05) is 0 Å². The third-order valence-electron chi connectivity index (χ3n) is 2.67. The zero-order chi connectivity index (χ0) is 12.4. The fraction of sp³-hybridized carbons (Fsp3) is 0.500. The lowest BCUT2D eigenvalue weighted by Crippen LogP contribution is -2.18. The molecule has 0 fully saturated rings. The van der Waals surface area contributed by atoms with Crippen LogP contribution in [0, 0.1) is 20.8 Å². The molecule has 0 aliphatic rings. The van der Waals surface area contributed by atoms with E-state index in [-0.39, 0.29) is 0 Å². The second-order valence-corrected chi connectivity index (χ2v) is 5.65. The first-order valence-electron chi connectivity index (χ1n) is 5.65. The van der Waals surface area contributed by atoms with Gasteiger partial charge in [0.25, 0.3) is 0 Å². The topological polar surface area (TPSA) is 51.0 Å². The number of hydrogen-bond donors (Lipinski definition) is 1. The van der Waals surface area contributed by atoms with Crippen molar-refractivity contribution in [3.63, 3.8) is 0 Å². The lowest BCUT2D eigenvalue weighted by molar-refractivity contribution is 0.430. The number of rotatable bonds is 4. The molecule has 1 N–H and O–H groups in total. The molecule has 0 aliphatic carbocycles. The van der Waals surface area contributed by atoms with Crippen molar-refractivity contribution in [1.29, 1.82) is 0 Å². The number of thiophene rings is 1. The van der Waals surface area contributed by atoms with Gasteiger partial charge in [0.2, 0.25) is 11.8 Å². The summed E-state index contributed by atoms with van der Waals surface area (Å²) in [5.74, 6) is 1.25. The maximum absolute atomic E-state index is 5.32. The summed E-state index contributed by atoms with van der Waals surface area (Å²) < 4.78 is 5.32. The van der Waals surface area contributed by atoms with Crippen LogP contribution in [0.5, 0.6) is 0 Å². The fourth-order valence-corrected chi connectivity index (χ4v) is 2.86. The summed E-state index contributed by atoms with van der Waals surface area (Å²) in [6.45, 7) is 8.84. The second kappa shape index (κ2) is 4.98. The monoisotopic (exact) mass is 251 g/mol. The molecule has 2 aromatic rings. The van der Waals surface area contributed by atoms with Crippen LogP contribution in [0.1, 0.15) is 40.1 Å². The van der Waals surface area contributed by atoms with Gasteiger partial charge in [0.05, 0.1) is 6.54 Å². The Bertz CT molecular complexity index is 504. The van der Waals surface area contributed by atoms with E-state index in [1.54, 1.807) is 6.92 Å². The average Bonchev–Trinajstić information content (AvgIpc) is 2.81. The quantitative estimate of drug-likeness (QED) is 0.907. The molecule has 0 unspecified atom stereocenters. The molecule has 0 aliphatic heterocycles. The van der Waals surface area contributed by atoms with Gasteiger partial charge in [-0.1, -0.05) is 0 Å². The molecule has 5 heteroatoms. The molecule has 0 amide bonds. The largest absolute Gasteiger partial charge is 0.424 e. The molecule has 0 bridgehead atoms. The summed E-state index contributed by atoms with van der Waals surface area (Å²) in [6, 6.07) is 2.53. The van der Waals surface area contributed by atoms with Crippen molar-refractivity contribution >= 4 is 11.3 Å². The predicted molar refractivity (Wildman–Crippen MR) is 68.1 cm³/mol. The number of aryl methyl sites for hydroxylation is 3. The van der Waals surface area contributed by atoms with Crippen LogP contribution in [0.4, 0.5) is 0 Å². The van der Waals surface area contributed by atoms with Gasteiger partial charge in [0, 0.05) is 22.7 Å². The number of aromatic nitrogens is 2. The average molecular weight is 251 g/mol. The summed E-state index contributed by atoms with van der Waals surface area (Å²) in [5, 5.41) is 11.2. The van der Waals surface area contributed by atoms with Gasteiger partial charge < -0.3 is 9.73 Å². The minimum Gasteiger partial charge on any atom is -0.424 e. The fourth-order valence-electron chi connectivity index (χ4n) is 1.84. The highest BCUT2D eigenvalue weighted by atomic mass is 32.1. The molecule has 2 rings (SSSR count). The minimum atomic E-state index is 0.298. The number of nitrogens with zero attached hydrogens (tertiary/aromatic N) is 2. The van der Waals surface area contributed by atoms with E-state index in [0.29, 0.717) is 24.4 Å². The molecular formula is C12H17N3OS. The Balaban J connectivity index is 1.97. The van der Waals surface area contributed by atoms with Crippen LogP contribution in [0.3, 0.4) is 0 Å². The van der Waals surface area contributed by atoms with Gasteiger partial charge >= 0.3 is 0 Å². The molecular weight excluding hydrogens is 234 g/mol. The summed E-state index contributed by atoms with van der Waals surface area (Å²) in [5.41, 5.74) is 1.35. The molecule has 17 heavy (non-hydrogen) atoms. The zero-order valence-electron chi connectivity index (χ0n) is 10.6. The summed E-state index contributed by atoms with van der Waals surface area (Å²) in [6.07, 6.45) is 0. The Morgan fingerprint density at radius 1 is 1.35 bits per heavy atom. The molecule has 1 atom stereocenters. The molecule has 0 aromatic carbocycles. The van der Waals surface area contributed by atoms with Crippen LogP contribution in [0.2, 0.25) is 0 Å². The molecule has 92 valence electrons. The van der Waals surface area contributed by atoms with Gasteiger partial charge in [0.15, 0.2) is 0 Å². The van der Waals surface area contributed by atoms with Crippen molar-refractivity contribution in [3.05, 3.63) is 33.2 Å². The van der Waals surface area contributed by atoms with Gasteiger partial charge in [0.1, 0.15) is 0 Å². The summed E-state index contributed by atoms with van der Waals surface area (Å²) >= 11 is 1.83. The summed E-state index contributed by atoms with van der Waals surface area (Å²) in [4.78, 5) is 2.71. The van der Waals surface area contributed by atoms with Gasteiger partial charge in [-0.2, -0.15) is 0 Å². The zero-order valence-corrected chi connectivity index (χ0v) is 11.4. The second-order valence-electron chi connectivity index (χ2n) is 4.19. The van der Waals surface area contributed by atoms with Gasteiger partial charge in [-0.05, 0) is 32.4 Å². The van der Waals surface area contributed by atoms with E-state index in [2.05, 4.69) is 42.4 Å². The smallest absolute Gasteiger partial charge is 0.230 e. The molecule has 4 nitrogen and oxygen atoms in total. The van der Waals surface area contributed by atoms with Crippen LogP contribution >= 0.6 is 11.3 Å². The van der Waals surface area contributed by atoms with Crippen LogP contribution in [-0.2, 0) is 6.54 Å². The first kappa shape index (κ1) is 12.3. The molecule has 2 heterocycles. The van der Waals surface area contributed by atoms with Crippen molar-refractivity contribution in [3.8, 4) is 0 Å². The van der Waals surface area contributed by atoms with Gasteiger partial charge in [-0.3, -0.25) is 0 Å². The van der Waals surface area contributed by atoms with Crippen molar-refractivity contribution in [2.45, 2.75) is 40.3 Å². The third kappa shape index (κ3) is 2.92. The SMILES string of the molecule is Cc1nnc(CN[C@H](C)c2cc(C)sc2C)o1. The minimum absolute atomic E-state index is 0.298. The van der Waals surface area contributed by atoms with Crippen LogP contribution in [0.15, 0.2) is 10.5 Å². The standard InChI is InChI=1S/C12H17N3OS/c1-7-5-11(9(3)17-7)8(2)13-6-12-15-14-10(4)16-12/h5,8,13H,6H2,1-4H3/t8-/m1/s1. The Kier molecular flexibility index (Phi) is 3.59. The highest BCUT2D eigenvalue weighted by Gasteiger charge is 2.12. The van der Waals surface area contributed by atoms with Gasteiger partial charge in [-0.15, -0.1) is 21.5 Å². The van der Waals surface area contributed by atoms with E-state index < -0.39 is 0 Å². The van der Waals surface area contributed by atoms with Crippen LogP contribution in [0.25, 0.3) is 0 Å². The first-order chi connectivity index (χ1) is 8.06. The van der Waals surface area contributed by atoms with E-state index in [0.717, 1.165) is 0 Å². The van der Waals surface area contributed by atoms with Crippen molar-refractivity contribution in [2.24, 2.45) is 0 Å². The van der Waals surface area contributed by atoms with Crippen LogP contribution in [-0.4, -0.2) is 10.2 Å². The van der Waals surface area contributed by atoms with E-state index in [9.17, 15) is 0 Å².